The predicted octanol–water partition coefficient (Wildman–Crippen LogP) is 3.40. The van der Waals surface area contributed by atoms with Crippen LogP contribution in [0, 0.1) is 11.8 Å². The van der Waals surface area contributed by atoms with E-state index < -0.39 is 6.23 Å². The van der Waals surface area contributed by atoms with Crippen molar-refractivity contribution in [2.45, 2.75) is 33.9 Å². The van der Waals surface area contributed by atoms with Gasteiger partial charge in [-0.2, -0.15) is 0 Å². The van der Waals surface area contributed by atoms with Crippen molar-refractivity contribution in [1.29, 1.82) is 0 Å². The molecule has 0 spiro atoms. The molecule has 0 fully saturated rings. The van der Waals surface area contributed by atoms with Crippen molar-refractivity contribution in [3.8, 4) is 5.75 Å². The van der Waals surface area contributed by atoms with Gasteiger partial charge in [0.1, 0.15) is 12.0 Å². The fourth-order valence-electron chi connectivity index (χ4n) is 1.27. The Morgan fingerprint density at radius 1 is 1.35 bits per heavy atom. The molecule has 0 saturated heterocycles. The standard InChI is InChI=1S/C15H20BrNO3/c1-9(2)14(18)17-8-11-7-12(16)5-6-13(11)20-15(19)10(3)4/h5-10,14,18H,1-4H3. The molecule has 1 rings (SSSR count). The first-order valence-electron chi connectivity index (χ1n) is 6.53. The number of carbonyl (C=O) groups is 1. The monoisotopic (exact) mass is 341 g/mol. The van der Waals surface area contributed by atoms with Gasteiger partial charge in [0.2, 0.25) is 0 Å². The molecule has 0 amide bonds. The van der Waals surface area contributed by atoms with Crippen LogP contribution in [0.4, 0.5) is 0 Å². The minimum absolute atomic E-state index is 0.0278. The second kappa shape index (κ2) is 7.55. The van der Waals surface area contributed by atoms with Crippen LogP contribution in [0.3, 0.4) is 0 Å². The molecule has 0 aliphatic heterocycles. The molecule has 4 nitrogen and oxygen atoms in total. The Balaban J connectivity index is 2.99. The van der Waals surface area contributed by atoms with E-state index in [2.05, 4.69) is 20.9 Å². The van der Waals surface area contributed by atoms with Crippen LogP contribution in [-0.4, -0.2) is 23.5 Å². The largest absolute Gasteiger partial charge is 0.426 e. The van der Waals surface area contributed by atoms with Crippen molar-refractivity contribution in [2.75, 3.05) is 0 Å². The quantitative estimate of drug-likeness (QED) is 0.507. The van der Waals surface area contributed by atoms with Gasteiger partial charge in [-0.05, 0) is 24.1 Å². The molecule has 110 valence electrons. The van der Waals surface area contributed by atoms with Gasteiger partial charge in [-0.15, -0.1) is 0 Å². The predicted molar refractivity (Wildman–Crippen MR) is 83.1 cm³/mol. The maximum absolute atomic E-state index is 11.7. The van der Waals surface area contributed by atoms with Crippen molar-refractivity contribution < 1.29 is 14.6 Å². The van der Waals surface area contributed by atoms with Gasteiger partial charge in [-0.25, -0.2) is 0 Å². The van der Waals surface area contributed by atoms with Gasteiger partial charge in [-0.3, -0.25) is 9.79 Å². The van der Waals surface area contributed by atoms with Gasteiger partial charge < -0.3 is 9.84 Å². The Kier molecular flexibility index (Phi) is 6.36. The molecule has 0 aliphatic rings. The van der Waals surface area contributed by atoms with E-state index in [9.17, 15) is 9.90 Å². The lowest BCUT2D eigenvalue weighted by molar-refractivity contribution is -0.137. The Morgan fingerprint density at radius 2 is 2.00 bits per heavy atom. The van der Waals surface area contributed by atoms with Crippen molar-refractivity contribution >= 4 is 28.1 Å². The molecular weight excluding hydrogens is 322 g/mol. The number of aliphatic hydroxyl groups is 1. The highest BCUT2D eigenvalue weighted by atomic mass is 79.9. The summed E-state index contributed by atoms with van der Waals surface area (Å²) < 4.78 is 6.17. The van der Waals surface area contributed by atoms with Gasteiger partial charge in [0.15, 0.2) is 0 Å². The van der Waals surface area contributed by atoms with Gasteiger partial charge in [0.05, 0.1) is 5.92 Å². The summed E-state index contributed by atoms with van der Waals surface area (Å²) >= 11 is 3.36. The summed E-state index contributed by atoms with van der Waals surface area (Å²) in [6, 6.07) is 5.28. The van der Waals surface area contributed by atoms with Crippen LogP contribution in [0.15, 0.2) is 27.7 Å². The zero-order chi connectivity index (χ0) is 15.3. The van der Waals surface area contributed by atoms with E-state index in [-0.39, 0.29) is 17.8 Å². The van der Waals surface area contributed by atoms with Gasteiger partial charge >= 0.3 is 5.97 Å². The normalized spacial score (nSPS) is 13.2. The SMILES string of the molecule is CC(C)C(=O)Oc1ccc(Br)cc1C=NC(O)C(C)C. The van der Waals surface area contributed by atoms with Crippen LogP contribution >= 0.6 is 15.9 Å². The summed E-state index contributed by atoms with van der Waals surface area (Å²) in [5.74, 6) is -0.0391. The number of carbonyl (C=O) groups excluding carboxylic acids is 1. The molecule has 0 radical (unpaired) electrons. The molecule has 0 bridgehead atoms. The first kappa shape index (κ1) is 16.9. The van der Waals surface area contributed by atoms with Gasteiger partial charge in [0, 0.05) is 16.3 Å². The second-order valence-corrected chi connectivity index (χ2v) is 6.11. The number of esters is 1. The molecule has 0 saturated carbocycles. The number of hydrogen-bond acceptors (Lipinski definition) is 4. The fraction of sp³-hybridized carbons (Fsp3) is 0.467. The summed E-state index contributed by atoms with van der Waals surface area (Å²) in [6.07, 6.45) is 0.751. The van der Waals surface area contributed by atoms with Gasteiger partial charge in [-0.1, -0.05) is 43.6 Å². The maximum atomic E-state index is 11.7. The number of ether oxygens (including phenoxy) is 1. The van der Waals surface area contributed by atoms with E-state index in [0.29, 0.717) is 11.3 Å². The van der Waals surface area contributed by atoms with E-state index in [1.807, 2.05) is 13.8 Å². The second-order valence-electron chi connectivity index (χ2n) is 5.19. The molecule has 0 heterocycles. The summed E-state index contributed by atoms with van der Waals surface area (Å²) in [4.78, 5) is 15.7. The smallest absolute Gasteiger partial charge is 0.313 e. The first-order chi connectivity index (χ1) is 9.31. The lowest BCUT2D eigenvalue weighted by atomic mass is 10.2. The van der Waals surface area contributed by atoms with Crippen LogP contribution in [0.2, 0.25) is 0 Å². The van der Waals surface area contributed by atoms with Crippen LogP contribution in [0.25, 0.3) is 0 Å². The highest BCUT2D eigenvalue weighted by Gasteiger charge is 2.13. The Bertz CT molecular complexity index is 498. The molecule has 1 N–H and O–H groups in total. The number of halogens is 1. The molecule has 20 heavy (non-hydrogen) atoms. The summed E-state index contributed by atoms with van der Waals surface area (Å²) in [5.41, 5.74) is 0.646. The average Bonchev–Trinajstić information content (AvgIpc) is 2.38. The van der Waals surface area contributed by atoms with Crippen LogP contribution < -0.4 is 4.74 Å². The molecule has 1 unspecified atom stereocenters. The number of benzene rings is 1. The molecule has 0 aliphatic carbocycles. The van der Waals surface area contributed by atoms with E-state index in [1.165, 1.54) is 6.21 Å². The minimum Gasteiger partial charge on any atom is -0.426 e. The zero-order valence-corrected chi connectivity index (χ0v) is 13.7. The van der Waals surface area contributed by atoms with Crippen molar-refractivity contribution in [3.05, 3.63) is 28.2 Å². The fourth-order valence-corrected chi connectivity index (χ4v) is 1.65. The summed E-state index contributed by atoms with van der Waals surface area (Å²) in [6.45, 7) is 7.31. The molecular formula is C15H20BrNO3. The number of rotatable bonds is 5. The number of aliphatic imine (C=N–C) groups is 1. The third kappa shape index (κ3) is 5.06. The number of aliphatic hydroxyl groups excluding tert-OH is 1. The zero-order valence-electron chi connectivity index (χ0n) is 12.1. The lowest BCUT2D eigenvalue weighted by Gasteiger charge is -2.11. The molecule has 1 atom stereocenters. The Labute approximate surface area is 128 Å². The van der Waals surface area contributed by atoms with Crippen molar-refractivity contribution in [2.24, 2.45) is 16.8 Å². The number of hydrogen-bond donors (Lipinski definition) is 1. The van der Waals surface area contributed by atoms with Crippen molar-refractivity contribution in [3.63, 3.8) is 0 Å². The van der Waals surface area contributed by atoms with Crippen molar-refractivity contribution in [1.82, 2.24) is 0 Å². The maximum Gasteiger partial charge on any atom is 0.313 e. The molecule has 0 aromatic heterocycles. The summed E-state index contributed by atoms with van der Waals surface area (Å²) in [5, 5.41) is 9.70. The average molecular weight is 342 g/mol. The van der Waals surface area contributed by atoms with E-state index in [1.54, 1.807) is 32.0 Å². The van der Waals surface area contributed by atoms with E-state index >= 15 is 0 Å². The third-order valence-corrected chi connectivity index (χ3v) is 3.11. The molecule has 5 heteroatoms. The van der Waals surface area contributed by atoms with E-state index in [4.69, 9.17) is 4.74 Å². The molecule has 1 aromatic carbocycles. The number of nitrogens with zero attached hydrogens (tertiary/aromatic N) is 1. The molecule has 1 aromatic rings. The van der Waals surface area contributed by atoms with Crippen LogP contribution in [-0.2, 0) is 4.79 Å². The first-order valence-corrected chi connectivity index (χ1v) is 7.33. The Morgan fingerprint density at radius 3 is 2.55 bits per heavy atom. The van der Waals surface area contributed by atoms with Crippen LogP contribution in [0.1, 0.15) is 33.3 Å². The van der Waals surface area contributed by atoms with Crippen LogP contribution in [0.5, 0.6) is 5.75 Å². The lowest BCUT2D eigenvalue weighted by Crippen LogP contribution is -2.16. The summed E-state index contributed by atoms with van der Waals surface area (Å²) in [7, 11) is 0. The Hall–Kier alpha value is -1.20. The third-order valence-electron chi connectivity index (χ3n) is 2.62. The van der Waals surface area contributed by atoms with Gasteiger partial charge in [0.25, 0.3) is 0 Å². The minimum atomic E-state index is -0.775. The highest BCUT2D eigenvalue weighted by molar-refractivity contribution is 9.10. The highest BCUT2D eigenvalue weighted by Crippen LogP contribution is 2.23. The topological polar surface area (TPSA) is 58.9 Å². The van der Waals surface area contributed by atoms with E-state index in [0.717, 1.165) is 4.47 Å².